The van der Waals surface area contributed by atoms with Crippen molar-refractivity contribution in [3.63, 3.8) is 0 Å². The zero-order chi connectivity index (χ0) is 19.0. The summed E-state index contributed by atoms with van der Waals surface area (Å²) in [4.78, 5) is 34.2. The summed E-state index contributed by atoms with van der Waals surface area (Å²) in [5.41, 5.74) is -1.27. The summed E-state index contributed by atoms with van der Waals surface area (Å²) >= 11 is 1.99. The summed E-state index contributed by atoms with van der Waals surface area (Å²) < 4.78 is 11.3. The molecule has 1 N–H and O–H groups in total. The Balaban J connectivity index is 2.55. The van der Waals surface area contributed by atoms with Crippen molar-refractivity contribution in [2.45, 2.75) is 52.7 Å². The second-order valence-corrected chi connectivity index (χ2v) is 8.31. The Morgan fingerprint density at radius 2 is 1.56 bits per heavy atom. The Bertz CT molecular complexity index is 778. The Morgan fingerprint density at radius 3 is 2.04 bits per heavy atom. The van der Waals surface area contributed by atoms with Crippen LogP contribution in [-0.4, -0.2) is 43.6 Å². The van der Waals surface area contributed by atoms with Gasteiger partial charge in [-0.3, -0.25) is 5.10 Å². The number of fused-ring (bicyclic) bond motifs is 1. The van der Waals surface area contributed by atoms with Crippen LogP contribution in [0.25, 0.3) is 11.0 Å². The van der Waals surface area contributed by atoms with Crippen LogP contribution in [0.3, 0.4) is 0 Å². The topological polar surface area (TPSA) is 110 Å². The van der Waals surface area contributed by atoms with E-state index in [4.69, 9.17) is 9.47 Å². The van der Waals surface area contributed by atoms with Crippen LogP contribution in [0.5, 0.6) is 0 Å². The van der Waals surface area contributed by atoms with Gasteiger partial charge in [0.05, 0.1) is 5.39 Å². The van der Waals surface area contributed by atoms with Crippen molar-refractivity contribution in [1.82, 2.24) is 20.2 Å². The van der Waals surface area contributed by atoms with Crippen LogP contribution in [0.15, 0.2) is 6.33 Å². The van der Waals surface area contributed by atoms with Crippen molar-refractivity contribution in [2.24, 2.45) is 0 Å². The molecule has 0 aromatic carbocycles. The first-order valence-corrected chi connectivity index (χ1v) is 8.57. The molecule has 0 bridgehead atoms. The third-order valence-electron chi connectivity index (χ3n) is 2.65. The number of H-pyrrole nitrogens is 1. The fourth-order valence-electron chi connectivity index (χ4n) is 1.84. The summed E-state index contributed by atoms with van der Waals surface area (Å²) in [6.07, 6.45) is -0.562. The molecule has 0 aliphatic heterocycles. The van der Waals surface area contributed by atoms with Crippen LogP contribution < -0.4 is 4.90 Å². The molecule has 0 aliphatic carbocycles. The fourth-order valence-corrected chi connectivity index (χ4v) is 2.44. The Labute approximate surface area is 158 Å². The van der Waals surface area contributed by atoms with Gasteiger partial charge in [-0.15, -0.1) is 0 Å². The molecule has 2 amide bonds. The normalized spacial score (nSPS) is 12.1. The second kappa shape index (κ2) is 6.73. The number of amides is 2. The van der Waals surface area contributed by atoms with Gasteiger partial charge in [-0.25, -0.2) is 19.6 Å². The lowest BCUT2D eigenvalue weighted by molar-refractivity contribution is 0.0429. The van der Waals surface area contributed by atoms with Crippen LogP contribution in [-0.2, 0) is 9.47 Å². The predicted molar refractivity (Wildman–Crippen MR) is 99.3 cm³/mol. The van der Waals surface area contributed by atoms with E-state index in [1.165, 1.54) is 6.33 Å². The highest BCUT2D eigenvalue weighted by atomic mass is 127. The molecule has 0 atom stereocenters. The number of nitrogens with one attached hydrogen (secondary N) is 1. The van der Waals surface area contributed by atoms with E-state index in [-0.39, 0.29) is 5.82 Å². The van der Waals surface area contributed by atoms with E-state index in [0.29, 0.717) is 14.7 Å². The average Bonchev–Trinajstić information content (AvgIpc) is 2.77. The molecule has 0 radical (unpaired) electrons. The van der Waals surface area contributed by atoms with Crippen molar-refractivity contribution >= 4 is 51.6 Å². The molecule has 9 nitrogen and oxygen atoms in total. The summed E-state index contributed by atoms with van der Waals surface area (Å²) in [6.45, 7) is 10.2. The number of nitrogens with zero attached hydrogens (tertiary/aromatic N) is 4. The van der Waals surface area contributed by atoms with Crippen LogP contribution in [0.2, 0.25) is 0 Å². The van der Waals surface area contributed by atoms with E-state index < -0.39 is 23.4 Å². The number of hydrogen-bond acceptors (Lipinski definition) is 7. The first-order chi connectivity index (χ1) is 11.4. The van der Waals surface area contributed by atoms with Crippen molar-refractivity contribution in [1.29, 1.82) is 0 Å². The number of carbonyl (C=O) groups excluding carboxylic acids is 2. The van der Waals surface area contributed by atoms with E-state index in [0.717, 1.165) is 4.90 Å². The molecule has 136 valence electrons. The summed E-state index contributed by atoms with van der Waals surface area (Å²) in [5, 5.41) is 7.19. The molecule has 0 fully saturated rings. The highest BCUT2D eigenvalue weighted by molar-refractivity contribution is 14.1. The molecule has 25 heavy (non-hydrogen) atoms. The Kier molecular flexibility index (Phi) is 5.21. The van der Waals surface area contributed by atoms with E-state index in [9.17, 15) is 9.59 Å². The highest BCUT2D eigenvalue weighted by Crippen LogP contribution is 2.28. The number of imide groups is 1. The lowest BCUT2D eigenvalue weighted by atomic mass is 10.2. The van der Waals surface area contributed by atoms with Crippen LogP contribution in [0.4, 0.5) is 15.4 Å². The van der Waals surface area contributed by atoms with E-state index >= 15 is 0 Å². The summed E-state index contributed by atoms with van der Waals surface area (Å²) in [5.74, 6) is 0.0478. The first-order valence-electron chi connectivity index (χ1n) is 7.50. The van der Waals surface area contributed by atoms with Gasteiger partial charge in [0.25, 0.3) is 0 Å². The lowest BCUT2D eigenvalue weighted by Crippen LogP contribution is -2.44. The van der Waals surface area contributed by atoms with Crippen LogP contribution in [0.1, 0.15) is 41.5 Å². The highest BCUT2D eigenvalue weighted by Gasteiger charge is 2.35. The minimum absolute atomic E-state index is 0.0478. The Morgan fingerprint density at radius 1 is 1.04 bits per heavy atom. The van der Waals surface area contributed by atoms with Gasteiger partial charge in [-0.2, -0.15) is 10.00 Å². The maximum absolute atomic E-state index is 12.7. The zero-order valence-electron chi connectivity index (χ0n) is 14.9. The monoisotopic (exact) mass is 461 g/mol. The third kappa shape index (κ3) is 4.77. The van der Waals surface area contributed by atoms with Gasteiger partial charge in [0, 0.05) is 0 Å². The van der Waals surface area contributed by atoms with E-state index in [1.54, 1.807) is 41.5 Å². The average molecular weight is 461 g/mol. The second-order valence-electron chi connectivity index (χ2n) is 7.23. The molecule has 10 heteroatoms. The van der Waals surface area contributed by atoms with Gasteiger partial charge >= 0.3 is 12.2 Å². The van der Waals surface area contributed by atoms with Crippen molar-refractivity contribution in [2.75, 3.05) is 4.90 Å². The molecule has 0 spiro atoms. The van der Waals surface area contributed by atoms with Crippen LogP contribution in [0, 0.1) is 3.70 Å². The SMILES string of the molecule is CC(C)(C)OC(=O)N(C(=O)OC(C)(C)C)c1ncnc2n[nH]c(I)c12. The molecule has 0 saturated carbocycles. The number of carbonyl (C=O) groups is 2. The number of rotatable bonds is 1. The zero-order valence-corrected chi connectivity index (χ0v) is 17.0. The number of anilines is 1. The molecule has 2 heterocycles. The molecule has 2 aromatic heterocycles. The van der Waals surface area contributed by atoms with Gasteiger partial charge in [0.1, 0.15) is 21.2 Å². The maximum Gasteiger partial charge on any atom is 0.425 e. The van der Waals surface area contributed by atoms with Gasteiger partial charge < -0.3 is 9.47 Å². The van der Waals surface area contributed by atoms with Gasteiger partial charge in [0.2, 0.25) is 0 Å². The largest absolute Gasteiger partial charge is 0.443 e. The maximum atomic E-state index is 12.7. The van der Waals surface area contributed by atoms with Crippen molar-refractivity contribution in [3.8, 4) is 0 Å². The molecular weight excluding hydrogens is 441 g/mol. The number of hydrogen-bond donors (Lipinski definition) is 1. The van der Waals surface area contributed by atoms with Gasteiger partial charge in [-0.05, 0) is 64.1 Å². The first kappa shape index (κ1) is 19.3. The smallest absolute Gasteiger partial charge is 0.425 e. The molecule has 0 saturated heterocycles. The van der Waals surface area contributed by atoms with Crippen molar-refractivity contribution in [3.05, 3.63) is 10.0 Å². The summed E-state index contributed by atoms with van der Waals surface area (Å²) in [7, 11) is 0. The van der Waals surface area contributed by atoms with Crippen molar-refractivity contribution < 1.29 is 19.1 Å². The minimum Gasteiger partial charge on any atom is -0.443 e. The van der Waals surface area contributed by atoms with E-state index in [1.807, 2.05) is 22.6 Å². The molecule has 2 aromatic rings. The van der Waals surface area contributed by atoms with Crippen LogP contribution >= 0.6 is 22.6 Å². The standard InChI is InChI=1S/C15H20IN5O4/c1-14(2,3)24-12(22)21(13(23)25-15(4,5)6)11-8-9(16)19-20-10(8)17-7-18-11/h7H,1-6H3,(H,17,18,19,20). The quantitative estimate of drug-likeness (QED) is 0.646. The minimum atomic E-state index is -0.890. The predicted octanol–water partition coefficient (Wildman–Crippen LogP) is 3.63. The van der Waals surface area contributed by atoms with Gasteiger partial charge in [-0.1, -0.05) is 0 Å². The molecule has 0 unspecified atom stereocenters. The fraction of sp³-hybridized carbons (Fsp3) is 0.533. The molecular formula is C15H20IN5O4. The number of aromatic amines is 1. The number of halogens is 1. The molecule has 2 rings (SSSR count). The lowest BCUT2D eigenvalue weighted by Gasteiger charge is -2.28. The van der Waals surface area contributed by atoms with E-state index in [2.05, 4.69) is 20.2 Å². The number of aromatic nitrogens is 4. The third-order valence-corrected chi connectivity index (χ3v) is 3.43. The summed E-state index contributed by atoms with van der Waals surface area (Å²) in [6, 6.07) is 0. The Hall–Kier alpha value is -1.98. The van der Waals surface area contributed by atoms with Gasteiger partial charge in [0.15, 0.2) is 11.5 Å². The number of ether oxygens (including phenoxy) is 2. The molecule has 0 aliphatic rings.